The lowest BCUT2D eigenvalue weighted by molar-refractivity contribution is -0.115. The first-order valence-electron chi connectivity index (χ1n) is 6.72. The molecule has 1 heterocycles. The van der Waals surface area contributed by atoms with Crippen molar-refractivity contribution >= 4 is 5.78 Å². The Balaban J connectivity index is 1.94. The zero-order valence-electron chi connectivity index (χ0n) is 10.9. The average molecular weight is 246 g/mol. The Hall–Kier alpha value is -1.15. The molecule has 0 amide bonds. The second-order valence-electron chi connectivity index (χ2n) is 5.50. The van der Waals surface area contributed by atoms with Crippen LogP contribution < -0.4 is 0 Å². The Labute approximate surface area is 109 Å². The quantitative estimate of drug-likeness (QED) is 0.531. The fourth-order valence-corrected chi connectivity index (χ4v) is 3.40. The van der Waals surface area contributed by atoms with Crippen molar-refractivity contribution in [2.45, 2.75) is 31.8 Å². The molecule has 1 saturated heterocycles. The van der Waals surface area contributed by atoms with E-state index in [0.29, 0.717) is 30.3 Å². The molecule has 2 heteroatoms. The maximum Gasteiger partial charge on any atom is 0.155 e. The number of ether oxygens (including phenoxy) is 1. The molecule has 1 aliphatic heterocycles. The van der Waals surface area contributed by atoms with Crippen LogP contribution in [-0.4, -0.2) is 18.5 Å². The summed E-state index contributed by atoms with van der Waals surface area (Å²) in [7, 11) is 0. The summed E-state index contributed by atoms with van der Waals surface area (Å²) in [6, 6.07) is 0. The third-order valence-corrected chi connectivity index (χ3v) is 4.37. The minimum atomic E-state index is 0.142. The van der Waals surface area contributed by atoms with Crippen molar-refractivity contribution in [3.63, 3.8) is 0 Å². The van der Waals surface area contributed by atoms with E-state index in [2.05, 4.69) is 19.7 Å². The summed E-state index contributed by atoms with van der Waals surface area (Å²) < 4.78 is 5.93. The van der Waals surface area contributed by atoms with Crippen LogP contribution in [0, 0.1) is 17.8 Å². The fraction of sp³-hybridized carbons (Fsp3) is 0.562. The molecule has 0 aromatic heterocycles. The number of rotatable bonds is 6. The molecule has 0 aromatic rings. The zero-order valence-corrected chi connectivity index (χ0v) is 10.9. The van der Waals surface area contributed by atoms with E-state index < -0.39 is 0 Å². The molecule has 2 nitrogen and oxygen atoms in total. The number of hydrogen-bond donors (Lipinski definition) is 0. The molecule has 0 N–H and O–H groups in total. The number of fused-ring (bicyclic) bond motifs is 1. The minimum absolute atomic E-state index is 0.142. The third-order valence-electron chi connectivity index (χ3n) is 4.37. The van der Waals surface area contributed by atoms with E-state index >= 15 is 0 Å². The molecule has 0 spiro atoms. The summed E-state index contributed by atoms with van der Waals surface area (Å²) in [6.45, 7) is 12.0. The van der Waals surface area contributed by atoms with Gasteiger partial charge in [0.2, 0.25) is 0 Å². The van der Waals surface area contributed by atoms with Crippen molar-refractivity contribution < 1.29 is 9.53 Å². The Morgan fingerprint density at radius 2 is 1.94 bits per heavy atom. The van der Waals surface area contributed by atoms with Gasteiger partial charge in [-0.15, -0.1) is 0 Å². The number of ketones is 1. The molecule has 98 valence electrons. The van der Waals surface area contributed by atoms with Crippen LogP contribution in [0.4, 0.5) is 0 Å². The molecule has 0 aromatic carbocycles. The van der Waals surface area contributed by atoms with Gasteiger partial charge in [-0.05, 0) is 43.1 Å². The molecule has 0 radical (unpaired) electrons. The standard InChI is InChI=1S/C16H22O2/c1-4-11(3)8-12-6-7-15-13(9-14(17)5-2)10-18-16(12)15/h4-5,12-13,15-16H,1-3,6-10H2. The normalized spacial score (nSPS) is 34.0. The highest BCUT2D eigenvalue weighted by molar-refractivity contribution is 5.89. The second kappa shape index (κ2) is 5.66. The summed E-state index contributed by atoms with van der Waals surface area (Å²) in [4.78, 5) is 11.5. The fourth-order valence-electron chi connectivity index (χ4n) is 3.40. The van der Waals surface area contributed by atoms with Gasteiger partial charge in [0.15, 0.2) is 5.78 Å². The number of carbonyl (C=O) groups is 1. The molecule has 4 atom stereocenters. The molecule has 2 fully saturated rings. The SMILES string of the molecule is C=CC(=C)CC1CCC2C(CC(=O)C=C)COC12. The highest BCUT2D eigenvalue weighted by atomic mass is 16.5. The Bertz CT molecular complexity index is 333. The van der Waals surface area contributed by atoms with E-state index in [1.165, 1.54) is 18.9 Å². The van der Waals surface area contributed by atoms with Gasteiger partial charge in [0.25, 0.3) is 0 Å². The molecule has 4 unspecified atom stereocenters. The summed E-state index contributed by atoms with van der Waals surface area (Å²) in [6.07, 6.45) is 7.52. The van der Waals surface area contributed by atoms with Crippen molar-refractivity contribution in [2.75, 3.05) is 6.61 Å². The van der Waals surface area contributed by atoms with Crippen LogP contribution in [0.2, 0.25) is 0 Å². The lowest BCUT2D eigenvalue weighted by atomic mass is 9.86. The molecular formula is C16H22O2. The van der Waals surface area contributed by atoms with E-state index in [-0.39, 0.29) is 5.78 Å². The Morgan fingerprint density at radius 1 is 1.17 bits per heavy atom. The monoisotopic (exact) mass is 246 g/mol. The van der Waals surface area contributed by atoms with Crippen molar-refractivity contribution in [1.82, 2.24) is 0 Å². The van der Waals surface area contributed by atoms with Gasteiger partial charge in [-0.2, -0.15) is 0 Å². The zero-order chi connectivity index (χ0) is 13.1. The summed E-state index contributed by atoms with van der Waals surface area (Å²) in [5.74, 6) is 1.64. The smallest absolute Gasteiger partial charge is 0.155 e. The van der Waals surface area contributed by atoms with Gasteiger partial charge in [-0.3, -0.25) is 4.79 Å². The van der Waals surface area contributed by atoms with Crippen LogP contribution >= 0.6 is 0 Å². The molecule has 18 heavy (non-hydrogen) atoms. The van der Waals surface area contributed by atoms with E-state index in [0.717, 1.165) is 18.6 Å². The lowest BCUT2D eigenvalue weighted by Gasteiger charge is -2.18. The topological polar surface area (TPSA) is 26.3 Å². The van der Waals surface area contributed by atoms with Gasteiger partial charge >= 0.3 is 0 Å². The highest BCUT2D eigenvalue weighted by Crippen LogP contribution is 2.46. The summed E-state index contributed by atoms with van der Waals surface area (Å²) >= 11 is 0. The van der Waals surface area contributed by atoms with E-state index in [1.54, 1.807) is 0 Å². The predicted octanol–water partition coefficient (Wildman–Crippen LogP) is 3.31. The van der Waals surface area contributed by atoms with Crippen LogP contribution in [0.5, 0.6) is 0 Å². The third kappa shape index (κ3) is 2.64. The van der Waals surface area contributed by atoms with Crippen LogP contribution in [0.1, 0.15) is 25.7 Å². The average Bonchev–Trinajstić information content (AvgIpc) is 2.93. The number of hydrogen-bond acceptors (Lipinski definition) is 2. The lowest BCUT2D eigenvalue weighted by Crippen LogP contribution is -2.21. The van der Waals surface area contributed by atoms with Crippen LogP contribution in [0.15, 0.2) is 37.5 Å². The number of allylic oxidation sites excluding steroid dienone is 3. The summed E-state index contributed by atoms with van der Waals surface area (Å²) in [5, 5.41) is 0. The van der Waals surface area contributed by atoms with Crippen molar-refractivity contribution in [1.29, 1.82) is 0 Å². The van der Waals surface area contributed by atoms with E-state index in [9.17, 15) is 4.79 Å². The van der Waals surface area contributed by atoms with E-state index in [4.69, 9.17) is 4.74 Å². The van der Waals surface area contributed by atoms with Gasteiger partial charge in [0, 0.05) is 6.42 Å². The summed E-state index contributed by atoms with van der Waals surface area (Å²) in [5.41, 5.74) is 1.09. The molecule has 0 bridgehead atoms. The van der Waals surface area contributed by atoms with Crippen LogP contribution in [0.3, 0.4) is 0 Å². The van der Waals surface area contributed by atoms with Gasteiger partial charge in [-0.25, -0.2) is 0 Å². The van der Waals surface area contributed by atoms with E-state index in [1.807, 2.05) is 6.08 Å². The van der Waals surface area contributed by atoms with Crippen molar-refractivity contribution in [3.05, 3.63) is 37.5 Å². The van der Waals surface area contributed by atoms with Crippen molar-refractivity contribution in [2.24, 2.45) is 17.8 Å². The van der Waals surface area contributed by atoms with Gasteiger partial charge in [-0.1, -0.05) is 31.4 Å². The maximum atomic E-state index is 11.5. The molecule has 1 aliphatic carbocycles. The Kier molecular flexibility index (Phi) is 4.18. The minimum Gasteiger partial charge on any atom is -0.377 e. The van der Waals surface area contributed by atoms with Gasteiger partial charge in [0.05, 0.1) is 12.7 Å². The molecular weight excluding hydrogens is 224 g/mol. The van der Waals surface area contributed by atoms with Gasteiger partial charge in [0.1, 0.15) is 0 Å². The molecule has 2 aliphatic rings. The first-order chi connectivity index (χ1) is 8.65. The predicted molar refractivity (Wildman–Crippen MR) is 73.2 cm³/mol. The highest BCUT2D eigenvalue weighted by Gasteiger charge is 2.45. The van der Waals surface area contributed by atoms with Crippen LogP contribution in [-0.2, 0) is 9.53 Å². The molecule has 1 saturated carbocycles. The maximum absolute atomic E-state index is 11.5. The van der Waals surface area contributed by atoms with Crippen molar-refractivity contribution in [3.8, 4) is 0 Å². The largest absolute Gasteiger partial charge is 0.377 e. The first kappa shape index (κ1) is 13.3. The Morgan fingerprint density at radius 3 is 2.61 bits per heavy atom. The first-order valence-corrected chi connectivity index (χ1v) is 6.72. The second-order valence-corrected chi connectivity index (χ2v) is 5.50. The molecule has 2 rings (SSSR count). The van der Waals surface area contributed by atoms with Crippen LogP contribution in [0.25, 0.3) is 0 Å². The van der Waals surface area contributed by atoms with Gasteiger partial charge < -0.3 is 4.74 Å². The number of carbonyl (C=O) groups excluding carboxylic acids is 1.